The molecule has 3 heterocycles. The molecule has 0 saturated carbocycles. The quantitative estimate of drug-likeness (QED) is 0.613. The average molecular weight is 191 g/mol. The minimum Gasteiger partial charge on any atom is -0.349 e. The van der Waals surface area contributed by atoms with E-state index in [0.29, 0.717) is 10.9 Å². The largest absolute Gasteiger partial charge is 0.349 e. The van der Waals surface area contributed by atoms with Crippen molar-refractivity contribution in [3.8, 4) is 0 Å². The Morgan fingerprint density at radius 1 is 1.29 bits per heavy atom. The maximum Gasteiger partial charge on any atom is 0.326 e. The Morgan fingerprint density at radius 2 is 2.14 bits per heavy atom. The van der Waals surface area contributed by atoms with E-state index in [1.165, 1.54) is 0 Å². The number of aromatic amines is 2. The summed E-state index contributed by atoms with van der Waals surface area (Å²) in [7, 11) is 0. The summed E-state index contributed by atoms with van der Waals surface area (Å²) < 4.78 is 2.04. The summed E-state index contributed by atoms with van der Waals surface area (Å²) in [4.78, 5) is 27.4. The lowest BCUT2D eigenvalue weighted by Crippen LogP contribution is -2.21. The summed E-state index contributed by atoms with van der Waals surface area (Å²) in [6.07, 6.45) is 3.83. The summed E-state index contributed by atoms with van der Waals surface area (Å²) in [5.74, 6) is 0. The van der Waals surface area contributed by atoms with Crippen LogP contribution in [0.3, 0.4) is 0 Å². The molecule has 2 N–H and O–H groups in total. The number of rotatable bonds is 0. The van der Waals surface area contributed by atoms with Gasteiger partial charge in [-0.25, -0.2) is 4.79 Å². The van der Waals surface area contributed by atoms with Gasteiger partial charge in [-0.2, -0.15) is 0 Å². The van der Waals surface area contributed by atoms with E-state index in [4.69, 9.17) is 0 Å². The molecule has 0 saturated heterocycles. The van der Waals surface area contributed by atoms with E-state index in [2.05, 4.69) is 9.97 Å². The molecule has 2 aromatic rings. The minimum atomic E-state index is -0.427. The second kappa shape index (κ2) is 2.37. The number of nitrogens with one attached hydrogen (secondary N) is 2. The van der Waals surface area contributed by atoms with Crippen molar-refractivity contribution in [2.24, 2.45) is 0 Å². The van der Waals surface area contributed by atoms with Crippen molar-refractivity contribution in [1.29, 1.82) is 0 Å². The zero-order chi connectivity index (χ0) is 9.71. The van der Waals surface area contributed by atoms with Gasteiger partial charge in [-0.15, -0.1) is 0 Å². The van der Waals surface area contributed by atoms with Gasteiger partial charge in [0, 0.05) is 18.4 Å². The average Bonchev–Trinajstić information content (AvgIpc) is 2.65. The van der Waals surface area contributed by atoms with Gasteiger partial charge in [-0.3, -0.25) is 9.78 Å². The van der Waals surface area contributed by atoms with Crippen molar-refractivity contribution in [3.05, 3.63) is 32.7 Å². The first-order chi connectivity index (χ1) is 6.75. The minimum absolute atomic E-state index is 0.300. The fourth-order valence-corrected chi connectivity index (χ4v) is 2.11. The molecule has 2 aromatic heterocycles. The lowest BCUT2D eigenvalue weighted by atomic mass is 10.2. The summed E-state index contributed by atoms with van der Waals surface area (Å²) in [6, 6.07) is 0. The second-order valence-corrected chi connectivity index (χ2v) is 3.57. The Morgan fingerprint density at radius 3 is 3.00 bits per heavy atom. The molecule has 0 fully saturated rings. The molecule has 5 nitrogen and oxygen atoms in total. The Hall–Kier alpha value is -1.78. The summed E-state index contributed by atoms with van der Waals surface area (Å²) in [5.41, 5.74) is 1.05. The molecule has 0 aromatic carbocycles. The summed E-state index contributed by atoms with van der Waals surface area (Å²) in [5, 5.41) is 0.583. The number of fused-ring (bicyclic) bond motifs is 3. The Bertz CT molecular complexity index is 617. The van der Waals surface area contributed by atoms with Gasteiger partial charge in [0.25, 0.3) is 5.56 Å². The number of aryl methyl sites for hydroxylation is 2. The number of hydrogen-bond donors (Lipinski definition) is 2. The van der Waals surface area contributed by atoms with Gasteiger partial charge in [0.2, 0.25) is 0 Å². The third-order valence-electron chi connectivity index (χ3n) is 2.71. The van der Waals surface area contributed by atoms with E-state index in [1.807, 2.05) is 10.8 Å². The van der Waals surface area contributed by atoms with Crippen LogP contribution in [0.1, 0.15) is 12.1 Å². The van der Waals surface area contributed by atoms with Crippen LogP contribution < -0.4 is 11.2 Å². The van der Waals surface area contributed by atoms with Crippen LogP contribution in [-0.2, 0) is 13.0 Å². The van der Waals surface area contributed by atoms with Crippen LogP contribution in [0.4, 0.5) is 0 Å². The molecular formula is C9H9N3O2. The van der Waals surface area contributed by atoms with Crippen molar-refractivity contribution < 1.29 is 0 Å². The highest BCUT2D eigenvalue weighted by Crippen LogP contribution is 2.22. The van der Waals surface area contributed by atoms with Gasteiger partial charge in [0.15, 0.2) is 0 Å². The lowest BCUT2D eigenvalue weighted by molar-refractivity contribution is 0.752. The first-order valence-corrected chi connectivity index (χ1v) is 4.60. The second-order valence-electron chi connectivity index (χ2n) is 3.57. The molecule has 5 heteroatoms. The van der Waals surface area contributed by atoms with Crippen molar-refractivity contribution >= 4 is 10.9 Å². The van der Waals surface area contributed by atoms with Crippen molar-refractivity contribution in [3.63, 3.8) is 0 Å². The van der Waals surface area contributed by atoms with Crippen molar-refractivity contribution in [2.45, 2.75) is 19.4 Å². The smallest absolute Gasteiger partial charge is 0.326 e. The number of aromatic nitrogens is 3. The monoisotopic (exact) mass is 191 g/mol. The molecule has 1 aliphatic rings. The molecule has 72 valence electrons. The van der Waals surface area contributed by atoms with E-state index in [0.717, 1.165) is 25.1 Å². The normalized spacial score (nSPS) is 14.9. The lowest BCUT2D eigenvalue weighted by Gasteiger charge is -1.92. The maximum absolute atomic E-state index is 11.4. The van der Waals surface area contributed by atoms with E-state index in [1.54, 1.807) is 0 Å². The molecule has 0 unspecified atom stereocenters. The van der Waals surface area contributed by atoms with E-state index < -0.39 is 5.69 Å². The van der Waals surface area contributed by atoms with Crippen LogP contribution >= 0.6 is 0 Å². The molecule has 0 bridgehead atoms. The summed E-state index contributed by atoms with van der Waals surface area (Å²) in [6.45, 7) is 0.936. The van der Waals surface area contributed by atoms with Crippen LogP contribution in [-0.4, -0.2) is 14.5 Å². The van der Waals surface area contributed by atoms with Crippen LogP contribution in [0.25, 0.3) is 10.9 Å². The van der Waals surface area contributed by atoms with E-state index in [-0.39, 0.29) is 5.56 Å². The predicted octanol–water partition coefficient (Wildman–Crippen LogP) is -0.0359. The maximum atomic E-state index is 11.4. The highest BCUT2D eigenvalue weighted by atomic mass is 16.2. The molecule has 0 aliphatic carbocycles. The van der Waals surface area contributed by atoms with E-state index >= 15 is 0 Å². The van der Waals surface area contributed by atoms with Crippen LogP contribution in [0, 0.1) is 0 Å². The van der Waals surface area contributed by atoms with Crippen molar-refractivity contribution in [2.75, 3.05) is 0 Å². The van der Waals surface area contributed by atoms with Gasteiger partial charge >= 0.3 is 5.69 Å². The zero-order valence-corrected chi connectivity index (χ0v) is 7.46. The molecule has 3 rings (SSSR count). The van der Waals surface area contributed by atoms with Gasteiger partial charge in [0.05, 0.1) is 10.9 Å². The van der Waals surface area contributed by atoms with Gasteiger partial charge < -0.3 is 9.55 Å². The first kappa shape index (κ1) is 7.61. The Kier molecular flexibility index (Phi) is 1.29. The fraction of sp³-hybridized carbons (Fsp3) is 0.333. The Labute approximate surface area is 78.4 Å². The van der Waals surface area contributed by atoms with Gasteiger partial charge in [-0.05, 0) is 12.8 Å². The molecule has 1 aliphatic heterocycles. The number of H-pyrrole nitrogens is 2. The predicted molar refractivity (Wildman–Crippen MR) is 51.5 cm³/mol. The zero-order valence-electron chi connectivity index (χ0n) is 7.46. The van der Waals surface area contributed by atoms with Crippen molar-refractivity contribution in [1.82, 2.24) is 14.5 Å². The molecule has 0 spiro atoms. The first-order valence-electron chi connectivity index (χ1n) is 4.60. The highest BCUT2D eigenvalue weighted by Gasteiger charge is 2.16. The van der Waals surface area contributed by atoms with Crippen LogP contribution in [0.15, 0.2) is 15.8 Å². The third kappa shape index (κ3) is 0.837. The standard InChI is InChI=1S/C9H9N3O2/c13-8-5-4-12-3-1-2-6(12)7(5)10-9(14)11-8/h4H,1-3H2,(H2,10,11,13,14). The molecule has 0 atom stereocenters. The molecule has 0 radical (unpaired) electrons. The fourth-order valence-electron chi connectivity index (χ4n) is 2.11. The third-order valence-corrected chi connectivity index (χ3v) is 2.71. The van der Waals surface area contributed by atoms with E-state index in [9.17, 15) is 9.59 Å². The Balaban J connectivity index is 2.56. The molecule has 14 heavy (non-hydrogen) atoms. The molecular weight excluding hydrogens is 182 g/mol. The SMILES string of the molecule is O=c1[nH]c(=O)c2cn3c(c2[nH]1)CCC3. The molecule has 0 amide bonds. The van der Waals surface area contributed by atoms with Gasteiger partial charge in [0.1, 0.15) is 0 Å². The number of hydrogen-bond acceptors (Lipinski definition) is 2. The van der Waals surface area contributed by atoms with Gasteiger partial charge in [-0.1, -0.05) is 0 Å². The topological polar surface area (TPSA) is 70.7 Å². The van der Waals surface area contributed by atoms with Crippen LogP contribution in [0.5, 0.6) is 0 Å². The van der Waals surface area contributed by atoms with Crippen LogP contribution in [0.2, 0.25) is 0 Å². The number of nitrogens with zero attached hydrogens (tertiary/aromatic N) is 1. The summed E-state index contributed by atoms with van der Waals surface area (Å²) >= 11 is 0. The highest BCUT2D eigenvalue weighted by molar-refractivity contribution is 5.80.